The summed E-state index contributed by atoms with van der Waals surface area (Å²) in [7, 11) is 0. The van der Waals surface area contributed by atoms with Crippen LogP contribution in [0.15, 0.2) is 40.9 Å². The second-order valence-corrected chi connectivity index (χ2v) is 7.57. The standard InChI is InChI=1S/C21H20IN3O3/c1-4-9-26-18-7-6-15(10-16(18)12-23)21-24-20(25-28-21)14-5-8-19(17(22)11-14)27-13(2)3/h5-8,10-11,13H,4,9H2,1-3H3. The predicted molar refractivity (Wildman–Crippen MR) is 114 cm³/mol. The molecule has 0 N–H and O–H groups in total. The van der Waals surface area contributed by atoms with Crippen molar-refractivity contribution >= 4 is 22.6 Å². The van der Waals surface area contributed by atoms with Gasteiger partial charge in [0.15, 0.2) is 0 Å². The van der Waals surface area contributed by atoms with E-state index in [9.17, 15) is 5.26 Å². The van der Waals surface area contributed by atoms with E-state index in [0.29, 0.717) is 35.2 Å². The van der Waals surface area contributed by atoms with E-state index in [0.717, 1.165) is 21.3 Å². The van der Waals surface area contributed by atoms with E-state index in [1.807, 2.05) is 45.0 Å². The maximum atomic E-state index is 9.38. The minimum absolute atomic E-state index is 0.106. The second kappa shape index (κ2) is 9.06. The van der Waals surface area contributed by atoms with Crippen molar-refractivity contribution in [2.24, 2.45) is 0 Å². The zero-order chi connectivity index (χ0) is 20.1. The van der Waals surface area contributed by atoms with Crippen LogP contribution in [0, 0.1) is 14.9 Å². The summed E-state index contributed by atoms with van der Waals surface area (Å²) in [4.78, 5) is 4.48. The molecule has 3 rings (SSSR count). The van der Waals surface area contributed by atoms with Crippen molar-refractivity contribution in [3.63, 3.8) is 0 Å². The van der Waals surface area contributed by atoms with Crippen LogP contribution in [0.4, 0.5) is 0 Å². The summed E-state index contributed by atoms with van der Waals surface area (Å²) >= 11 is 2.23. The normalized spacial score (nSPS) is 10.7. The Balaban J connectivity index is 1.86. The number of hydrogen-bond donors (Lipinski definition) is 0. The van der Waals surface area contributed by atoms with Gasteiger partial charge in [0.05, 0.1) is 21.8 Å². The molecule has 1 heterocycles. The van der Waals surface area contributed by atoms with Gasteiger partial charge in [-0.25, -0.2) is 0 Å². The molecule has 0 radical (unpaired) electrons. The molecule has 28 heavy (non-hydrogen) atoms. The topological polar surface area (TPSA) is 81.2 Å². The number of nitrogens with zero attached hydrogens (tertiary/aromatic N) is 3. The van der Waals surface area contributed by atoms with Crippen LogP contribution in [0.2, 0.25) is 0 Å². The van der Waals surface area contributed by atoms with Crippen molar-refractivity contribution < 1.29 is 14.0 Å². The van der Waals surface area contributed by atoms with E-state index < -0.39 is 0 Å². The van der Waals surface area contributed by atoms with Gasteiger partial charge >= 0.3 is 0 Å². The van der Waals surface area contributed by atoms with Crippen molar-refractivity contribution in [2.45, 2.75) is 33.3 Å². The summed E-state index contributed by atoms with van der Waals surface area (Å²) in [6.45, 7) is 6.56. The first kappa shape index (κ1) is 20.1. The Bertz CT molecular complexity index is 1010. The fourth-order valence-electron chi connectivity index (χ4n) is 2.54. The molecule has 6 nitrogen and oxygen atoms in total. The molecule has 0 saturated carbocycles. The van der Waals surface area contributed by atoms with Gasteiger partial charge in [-0.3, -0.25) is 0 Å². The van der Waals surface area contributed by atoms with Crippen LogP contribution >= 0.6 is 22.6 Å². The molecule has 0 saturated heterocycles. The zero-order valence-electron chi connectivity index (χ0n) is 15.9. The lowest BCUT2D eigenvalue weighted by molar-refractivity contribution is 0.240. The Labute approximate surface area is 177 Å². The van der Waals surface area contributed by atoms with Gasteiger partial charge in [0.2, 0.25) is 5.82 Å². The van der Waals surface area contributed by atoms with Gasteiger partial charge in [-0.15, -0.1) is 0 Å². The summed E-state index contributed by atoms with van der Waals surface area (Å²) in [6.07, 6.45) is 0.981. The third-order valence-electron chi connectivity index (χ3n) is 3.79. The predicted octanol–water partition coefficient (Wildman–Crippen LogP) is 5.46. The lowest BCUT2D eigenvalue weighted by atomic mass is 10.1. The van der Waals surface area contributed by atoms with Crippen molar-refractivity contribution in [3.8, 4) is 40.4 Å². The van der Waals surface area contributed by atoms with Gasteiger partial charge in [0, 0.05) is 11.1 Å². The number of halogens is 1. The third kappa shape index (κ3) is 4.62. The van der Waals surface area contributed by atoms with Gasteiger partial charge in [-0.05, 0) is 79.3 Å². The first-order valence-corrected chi connectivity index (χ1v) is 10.1. The van der Waals surface area contributed by atoms with Gasteiger partial charge in [0.1, 0.15) is 17.6 Å². The van der Waals surface area contributed by atoms with Crippen molar-refractivity contribution in [1.29, 1.82) is 5.26 Å². The minimum atomic E-state index is 0.106. The molecular formula is C21H20IN3O3. The quantitative estimate of drug-likeness (QED) is 0.411. The lowest BCUT2D eigenvalue weighted by Gasteiger charge is -2.11. The molecular weight excluding hydrogens is 469 g/mol. The van der Waals surface area contributed by atoms with Crippen LogP contribution in [0.1, 0.15) is 32.8 Å². The molecule has 1 aromatic heterocycles. The molecule has 0 atom stereocenters. The van der Waals surface area contributed by atoms with Crippen molar-refractivity contribution in [1.82, 2.24) is 10.1 Å². The molecule has 0 fully saturated rings. The molecule has 0 bridgehead atoms. The van der Waals surface area contributed by atoms with E-state index >= 15 is 0 Å². The van der Waals surface area contributed by atoms with Gasteiger partial charge in [-0.2, -0.15) is 10.2 Å². The highest BCUT2D eigenvalue weighted by Gasteiger charge is 2.15. The Hall–Kier alpha value is -2.60. The highest BCUT2D eigenvalue weighted by molar-refractivity contribution is 14.1. The molecule has 0 amide bonds. The molecule has 0 aliphatic rings. The van der Waals surface area contributed by atoms with Crippen LogP contribution < -0.4 is 9.47 Å². The smallest absolute Gasteiger partial charge is 0.258 e. The summed E-state index contributed by atoms with van der Waals surface area (Å²) in [6, 6.07) is 13.2. The molecule has 0 aliphatic carbocycles. The van der Waals surface area contributed by atoms with Crippen LogP contribution in [0.3, 0.4) is 0 Å². The lowest BCUT2D eigenvalue weighted by Crippen LogP contribution is -2.06. The largest absolute Gasteiger partial charge is 0.492 e. The van der Waals surface area contributed by atoms with Crippen LogP contribution in [0.5, 0.6) is 11.5 Å². The molecule has 2 aromatic carbocycles. The molecule has 0 spiro atoms. The first-order valence-electron chi connectivity index (χ1n) is 8.99. The highest BCUT2D eigenvalue weighted by Crippen LogP contribution is 2.30. The monoisotopic (exact) mass is 489 g/mol. The third-order valence-corrected chi connectivity index (χ3v) is 4.63. The number of ether oxygens (including phenoxy) is 2. The minimum Gasteiger partial charge on any atom is -0.492 e. The molecule has 144 valence electrons. The Kier molecular flexibility index (Phi) is 6.52. The number of aromatic nitrogens is 2. The number of rotatable bonds is 7. The fourth-order valence-corrected chi connectivity index (χ4v) is 3.18. The van der Waals surface area contributed by atoms with Crippen LogP contribution in [-0.2, 0) is 0 Å². The van der Waals surface area contributed by atoms with Gasteiger partial charge in [0.25, 0.3) is 5.89 Å². The zero-order valence-corrected chi connectivity index (χ0v) is 18.1. The molecule has 0 unspecified atom stereocenters. The summed E-state index contributed by atoms with van der Waals surface area (Å²) in [5, 5.41) is 13.5. The maximum Gasteiger partial charge on any atom is 0.258 e. The summed E-state index contributed by atoms with van der Waals surface area (Å²) in [5.74, 6) is 2.22. The van der Waals surface area contributed by atoms with Crippen LogP contribution in [0.25, 0.3) is 22.8 Å². The highest BCUT2D eigenvalue weighted by atomic mass is 127. The van der Waals surface area contributed by atoms with E-state index in [4.69, 9.17) is 14.0 Å². The number of nitriles is 1. The van der Waals surface area contributed by atoms with E-state index in [1.54, 1.807) is 12.1 Å². The number of hydrogen-bond acceptors (Lipinski definition) is 6. The van der Waals surface area contributed by atoms with E-state index in [2.05, 4.69) is 38.8 Å². The second-order valence-electron chi connectivity index (χ2n) is 6.41. The first-order chi connectivity index (χ1) is 13.5. The van der Waals surface area contributed by atoms with E-state index in [1.165, 1.54) is 0 Å². The Morgan fingerprint density at radius 2 is 1.89 bits per heavy atom. The number of benzene rings is 2. The molecule has 3 aromatic rings. The Morgan fingerprint density at radius 1 is 1.14 bits per heavy atom. The summed E-state index contributed by atoms with van der Waals surface area (Å²) < 4.78 is 17.7. The average Bonchev–Trinajstić information content (AvgIpc) is 3.17. The van der Waals surface area contributed by atoms with Crippen LogP contribution in [-0.4, -0.2) is 22.9 Å². The SMILES string of the molecule is CCCOc1ccc(-c2nc(-c3ccc(OC(C)C)c(I)c3)no2)cc1C#N. The maximum absolute atomic E-state index is 9.38. The molecule has 7 heteroatoms. The fraction of sp³-hybridized carbons (Fsp3) is 0.286. The van der Waals surface area contributed by atoms with Gasteiger partial charge < -0.3 is 14.0 Å². The van der Waals surface area contributed by atoms with Gasteiger partial charge in [-0.1, -0.05) is 12.1 Å². The van der Waals surface area contributed by atoms with Crippen molar-refractivity contribution in [3.05, 3.63) is 45.5 Å². The van der Waals surface area contributed by atoms with Crippen molar-refractivity contribution in [2.75, 3.05) is 6.61 Å². The summed E-state index contributed by atoms with van der Waals surface area (Å²) in [5.41, 5.74) is 1.95. The Morgan fingerprint density at radius 3 is 2.57 bits per heavy atom. The molecule has 0 aliphatic heterocycles. The average molecular weight is 489 g/mol. The van der Waals surface area contributed by atoms with E-state index in [-0.39, 0.29) is 6.10 Å².